The molecule has 0 saturated heterocycles. The number of non-ortho nitro benzene ring substituents is 1. The molecule has 23 heavy (non-hydrogen) atoms. The van der Waals surface area contributed by atoms with Gasteiger partial charge in [0, 0.05) is 12.1 Å². The normalized spacial score (nSPS) is 12.8. The minimum Gasteiger partial charge on any atom is -0.450 e. The molecule has 1 aliphatic rings. The molecule has 0 saturated carbocycles. The Morgan fingerprint density at radius 2 is 1.91 bits per heavy atom. The molecule has 0 spiro atoms. The third-order valence-electron chi connectivity index (χ3n) is 2.98. The number of nitro groups is 1. The number of ether oxygens (including phenoxy) is 1. The maximum atomic E-state index is 12.1. The Bertz CT molecular complexity index is 728. The standard InChI is InChI=1S/C13H11N3O7/c1-2-23-13(20)14-10(17)6-15-11(18)8-4-3-7(16(21)22)5-9(8)12(15)19/h3-5H,2,6H2,1H3,(H,14,17,20). The van der Waals surface area contributed by atoms with E-state index in [2.05, 4.69) is 4.74 Å². The number of alkyl carbamates (subject to hydrolysis) is 1. The fraction of sp³-hybridized carbons (Fsp3) is 0.231. The first-order valence-corrected chi connectivity index (χ1v) is 6.46. The van der Waals surface area contributed by atoms with Crippen LogP contribution in [0.5, 0.6) is 0 Å². The van der Waals surface area contributed by atoms with Crippen molar-refractivity contribution in [1.82, 2.24) is 10.2 Å². The topological polar surface area (TPSA) is 136 Å². The molecular formula is C13H11N3O7. The average molecular weight is 321 g/mol. The van der Waals surface area contributed by atoms with E-state index in [0.717, 1.165) is 18.2 Å². The van der Waals surface area contributed by atoms with Gasteiger partial charge in [-0.3, -0.25) is 34.7 Å². The summed E-state index contributed by atoms with van der Waals surface area (Å²) >= 11 is 0. The van der Waals surface area contributed by atoms with Crippen LogP contribution in [0.2, 0.25) is 0 Å². The van der Waals surface area contributed by atoms with Crippen LogP contribution in [0.1, 0.15) is 27.6 Å². The molecule has 0 aliphatic carbocycles. The molecule has 0 fully saturated rings. The van der Waals surface area contributed by atoms with Crippen molar-refractivity contribution in [2.24, 2.45) is 0 Å². The van der Waals surface area contributed by atoms with E-state index in [-0.39, 0.29) is 23.4 Å². The minimum absolute atomic E-state index is 0.0375. The van der Waals surface area contributed by atoms with Crippen LogP contribution in [0.15, 0.2) is 18.2 Å². The predicted octanol–water partition coefficient (Wildman–Crippen LogP) is 0.464. The van der Waals surface area contributed by atoms with Gasteiger partial charge in [0.2, 0.25) is 5.91 Å². The molecule has 0 atom stereocenters. The summed E-state index contributed by atoms with van der Waals surface area (Å²) < 4.78 is 4.50. The van der Waals surface area contributed by atoms with E-state index in [1.165, 1.54) is 0 Å². The van der Waals surface area contributed by atoms with Gasteiger partial charge in [0.15, 0.2) is 0 Å². The number of nitro benzene ring substituents is 1. The zero-order valence-corrected chi connectivity index (χ0v) is 11.9. The summed E-state index contributed by atoms with van der Waals surface area (Å²) in [7, 11) is 0. The quantitative estimate of drug-likeness (QED) is 0.483. The number of benzene rings is 1. The number of hydrogen-bond donors (Lipinski definition) is 1. The summed E-state index contributed by atoms with van der Waals surface area (Å²) in [5.74, 6) is -2.51. The van der Waals surface area contributed by atoms with Gasteiger partial charge in [-0.1, -0.05) is 0 Å². The van der Waals surface area contributed by atoms with E-state index in [0.29, 0.717) is 4.90 Å². The third-order valence-corrected chi connectivity index (χ3v) is 2.98. The molecule has 0 unspecified atom stereocenters. The first kappa shape index (κ1) is 16.1. The number of hydrogen-bond acceptors (Lipinski definition) is 7. The van der Waals surface area contributed by atoms with Crippen molar-refractivity contribution in [3.63, 3.8) is 0 Å². The summed E-state index contributed by atoms with van der Waals surface area (Å²) in [6.07, 6.45) is -0.996. The molecule has 1 aromatic carbocycles. The van der Waals surface area contributed by atoms with Crippen molar-refractivity contribution in [2.75, 3.05) is 13.2 Å². The van der Waals surface area contributed by atoms with Gasteiger partial charge in [-0.05, 0) is 13.0 Å². The summed E-state index contributed by atoms with van der Waals surface area (Å²) in [6, 6.07) is 3.21. The molecule has 10 heteroatoms. The molecule has 2 rings (SSSR count). The highest BCUT2D eigenvalue weighted by molar-refractivity contribution is 6.22. The Hall–Kier alpha value is -3.30. The average Bonchev–Trinajstić information content (AvgIpc) is 2.72. The maximum Gasteiger partial charge on any atom is 0.413 e. The molecule has 1 heterocycles. The first-order chi connectivity index (χ1) is 10.8. The maximum absolute atomic E-state index is 12.1. The highest BCUT2D eigenvalue weighted by atomic mass is 16.6. The van der Waals surface area contributed by atoms with Crippen LogP contribution in [-0.4, -0.2) is 46.8 Å². The summed E-state index contributed by atoms with van der Waals surface area (Å²) in [5, 5.41) is 12.6. The first-order valence-electron chi connectivity index (χ1n) is 6.46. The molecule has 0 radical (unpaired) electrons. The molecular weight excluding hydrogens is 310 g/mol. The molecule has 1 aromatic rings. The van der Waals surface area contributed by atoms with E-state index in [9.17, 15) is 29.3 Å². The number of amides is 4. The summed E-state index contributed by atoms with van der Waals surface area (Å²) in [6.45, 7) is 0.899. The molecule has 1 N–H and O–H groups in total. The van der Waals surface area contributed by atoms with Crippen LogP contribution in [0.3, 0.4) is 0 Å². The lowest BCUT2D eigenvalue weighted by Crippen LogP contribution is -2.42. The van der Waals surface area contributed by atoms with Crippen molar-refractivity contribution in [3.8, 4) is 0 Å². The second-order valence-corrected chi connectivity index (χ2v) is 4.45. The van der Waals surface area contributed by atoms with Gasteiger partial charge in [0.25, 0.3) is 17.5 Å². The van der Waals surface area contributed by atoms with Crippen LogP contribution >= 0.6 is 0 Å². The highest BCUT2D eigenvalue weighted by Gasteiger charge is 2.38. The van der Waals surface area contributed by atoms with Gasteiger partial charge >= 0.3 is 6.09 Å². The van der Waals surface area contributed by atoms with Crippen LogP contribution < -0.4 is 5.32 Å². The van der Waals surface area contributed by atoms with Gasteiger partial charge < -0.3 is 4.74 Å². The largest absolute Gasteiger partial charge is 0.450 e. The number of fused-ring (bicyclic) bond motifs is 1. The van der Waals surface area contributed by atoms with Crippen LogP contribution in [-0.2, 0) is 9.53 Å². The second-order valence-electron chi connectivity index (χ2n) is 4.45. The van der Waals surface area contributed by atoms with E-state index < -0.39 is 35.3 Å². The Morgan fingerprint density at radius 3 is 2.52 bits per heavy atom. The Kier molecular flexibility index (Phi) is 4.35. The monoisotopic (exact) mass is 321 g/mol. The summed E-state index contributed by atoms with van der Waals surface area (Å²) in [4.78, 5) is 57.5. The highest BCUT2D eigenvalue weighted by Crippen LogP contribution is 2.26. The predicted molar refractivity (Wildman–Crippen MR) is 73.6 cm³/mol. The van der Waals surface area contributed by atoms with E-state index in [4.69, 9.17) is 0 Å². The van der Waals surface area contributed by atoms with Crippen LogP contribution in [0.25, 0.3) is 0 Å². The van der Waals surface area contributed by atoms with Crippen molar-refractivity contribution < 1.29 is 28.8 Å². The minimum atomic E-state index is -0.996. The fourth-order valence-corrected chi connectivity index (χ4v) is 2.00. The van der Waals surface area contributed by atoms with Crippen molar-refractivity contribution >= 4 is 29.5 Å². The second kappa shape index (κ2) is 6.22. The van der Waals surface area contributed by atoms with Crippen molar-refractivity contribution in [2.45, 2.75) is 6.92 Å². The van der Waals surface area contributed by atoms with Crippen LogP contribution in [0, 0.1) is 10.1 Å². The van der Waals surface area contributed by atoms with Gasteiger partial charge in [-0.2, -0.15) is 0 Å². The smallest absolute Gasteiger partial charge is 0.413 e. The lowest BCUT2D eigenvalue weighted by Gasteiger charge is -2.12. The summed E-state index contributed by atoms with van der Waals surface area (Å²) in [5.41, 5.74) is -0.541. The van der Waals surface area contributed by atoms with E-state index in [1.807, 2.05) is 5.32 Å². The molecule has 0 bridgehead atoms. The zero-order valence-electron chi connectivity index (χ0n) is 11.9. The van der Waals surface area contributed by atoms with Gasteiger partial charge in [0.1, 0.15) is 6.54 Å². The van der Waals surface area contributed by atoms with Crippen molar-refractivity contribution in [3.05, 3.63) is 39.4 Å². The van der Waals surface area contributed by atoms with Gasteiger partial charge in [-0.15, -0.1) is 0 Å². The SMILES string of the molecule is CCOC(=O)NC(=O)CN1C(=O)c2ccc([N+](=O)[O-])cc2C1=O. The number of nitrogens with one attached hydrogen (secondary N) is 1. The lowest BCUT2D eigenvalue weighted by molar-refractivity contribution is -0.384. The van der Waals surface area contributed by atoms with Crippen LogP contribution in [0.4, 0.5) is 10.5 Å². The Balaban J connectivity index is 2.15. The number of carbonyl (C=O) groups is 4. The molecule has 120 valence electrons. The molecule has 4 amide bonds. The number of nitrogens with zero attached hydrogens (tertiary/aromatic N) is 2. The molecule has 10 nitrogen and oxygen atoms in total. The Labute approximate surface area is 129 Å². The van der Waals surface area contributed by atoms with E-state index >= 15 is 0 Å². The van der Waals surface area contributed by atoms with E-state index in [1.54, 1.807) is 6.92 Å². The number of rotatable bonds is 4. The number of carbonyl (C=O) groups excluding carboxylic acids is 4. The number of imide groups is 2. The fourth-order valence-electron chi connectivity index (χ4n) is 2.00. The Morgan fingerprint density at radius 1 is 1.26 bits per heavy atom. The zero-order chi connectivity index (χ0) is 17.1. The molecule has 0 aromatic heterocycles. The van der Waals surface area contributed by atoms with Gasteiger partial charge in [-0.25, -0.2) is 4.79 Å². The van der Waals surface area contributed by atoms with Gasteiger partial charge in [0.05, 0.1) is 22.7 Å². The third kappa shape index (κ3) is 3.15. The lowest BCUT2D eigenvalue weighted by atomic mass is 10.1. The molecule has 1 aliphatic heterocycles. The van der Waals surface area contributed by atoms with Crippen molar-refractivity contribution in [1.29, 1.82) is 0 Å².